The van der Waals surface area contributed by atoms with Gasteiger partial charge in [0, 0.05) is 20.2 Å². The molecule has 0 fully saturated rings. The fourth-order valence-corrected chi connectivity index (χ4v) is 3.49. The van der Waals surface area contributed by atoms with Gasteiger partial charge in [-0.25, -0.2) is 0 Å². The Hall–Kier alpha value is -1.59. The third-order valence-corrected chi connectivity index (χ3v) is 4.67. The summed E-state index contributed by atoms with van der Waals surface area (Å²) < 4.78 is 0. The summed E-state index contributed by atoms with van der Waals surface area (Å²) in [5.74, 6) is 0.143. The molecule has 0 aromatic heterocycles. The Morgan fingerprint density at radius 1 is 1.10 bits per heavy atom. The molecular formula is C15H16N2OS2. The zero-order chi connectivity index (χ0) is 14.5. The molecule has 0 spiro atoms. The molecule has 20 heavy (non-hydrogen) atoms. The topological polar surface area (TPSA) is 58.6 Å². The first-order valence-corrected chi connectivity index (χ1v) is 8.09. The molecule has 0 radical (unpaired) electrons. The van der Waals surface area contributed by atoms with E-state index in [4.69, 9.17) is 10.9 Å². The number of aryl methyl sites for hydroxylation is 1. The van der Waals surface area contributed by atoms with Crippen molar-refractivity contribution in [2.75, 3.05) is 6.26 Å². The second-order valence-corrected chi connectivity index (χ2v) is 6.20. The molecular weight excluding hydrogens is 288 g/mol. The first-order valence-electron chi connectivity index (χ1n) is 6.05. The molecule has 0 saturated heterocycles. The van der Waals surface area contributed by atoms with Crippen molar-refractivity contribution in [3.05, 3.63) is 53.6 Å². The maximum Gasteiger partial charge on any atom is 0.172 e. The number of rotatable bonds is 4. The van der Waals surface area contributed by atoms with Crippen LogP contribution in [0.5, 0.6) is 0 Å². The molecule has 2 rings (SSSR count). The zero-order valence-corrected chi connectivity index (χ0v) is 13.0. The molecule has 2 aromatic rings. The fourth-order valence-electron chi connectivity index (χ4n) is 1.80. The van der Waals surface area contributed by atoms with Crippen molar-refractivity contribution in [1.29, 1.82) is 0 Å². The summed E-state index contributed by atoms with van der Waals surface area (Å²) in [5, 5.41) is 12.1. The van der Waals surface area contributed by atoms with Gasteiger partial charge in [-0.1, -0.05) is 40.7 Å². The summed E-state index contributed by atoms with van der Waals surface area (Å²) in [6.45, 7) is 2.06. The van der Waals surface area contributed by atoms with Crippen LogP contribution in [0.4, 0.5) is 0 Å². The van der Waals surface area contributed by atoms with E-state index in [2.05, 4.69) is 36.3 Å². The van der Waals surface area contributed by atoms with E-state index < -0.39 is 0 Å². The Kier molecular flexibility index (Phi) is 4.98. The molecule has 0 heterocycles. The van der Waals surface area contributed by atoms with E-state index in [1.165, 1.54) is 5.56 Å². The van der Waals surface area contributed by atoms with Crippen LogP contribution in [0.25, 0.3) is 0 Å². The number of nitrogens with zero attached hydrogens (tertiary/aromatic N) is 1. The van der Waals surface area contributed by atoms with Crippen LogP contribution in [0.1, 0.15) is 11.1 Å². The molecule has 104 valence electrons. The van der Waals surface area contributed by atoms with Crippen LogP contribution in [0.2, 0.25) is 0 Å². The molecule has 0 amide bonds. The highest BCUT2D eigenvalue weighted by atomic mass is 32.2. The van der Waals surface area contributed by atoms with E-state index in [0.29, 0.717) is 0 Å². The van der Waals surface area contributed by atoms with Crippen molar-refractivity contribution < 1.29 is 5.21 Å². The van der Waals surface area contributed by atoms with Gasteiger partial charge in [0.05, 0.1) is 0 Å². The molecule has 0 aliphatic heterocycles. The predicted octanol–water partition coefficient (Wildman–Crippen LogP) is 3.96. The SMILES string of the molecule is CSc1cccc(Sc2ccc(C)cc2)c1/C(N)=N/O. The Morgan fingerprint density at radius 2 is 1.75 bits per heavy atom. The van der Waals surface area contributed by atoms with Crippen LogP contribution in [-0.4, -0.2) is 17.3 Å². The van der Waals surface area contributed by atoms with E-state index >= 15 is 0 Å². The number of amidine groups is 1. The van der Waals surface area contributed by atoms with Crippen molar-refractivity contribution in [3.8, 4) is 0 Å². The smallest absolute Gasteiger partial charge is 0.172 e. The number of nitrogens with two attached hydrogens (primary N) is 1. The highest BCUT2D eigenvalue weighted by Gasteiger charge is 2.13. The summed E-state index contributed by atoms with van der Waals surface area (Å²) in [5.41, 5.74) is 7.83. The van der Waals surface area contributed by atoms with E-state index in [-0.39, 0.29) is 5.84 Å². The van der Waals surface area contributed by atoms with Gasteiger partial charge < -0.3 is 10.9 Å². The van der Waals surface area contributed by atoms with Crippen LogP contribution in [0.3, 0.4) is 0 Å². The van der Waals surface area contributed by atoms with Gasteiger partial charge in [0.15, 0.2) is 5.84 Å². The first kappa shape index (κ1) is 14.8. The maximum absolute atomic E-state index is 8.98. The van der Waals surface area contributed by atoms with Gasteiger partial charge in [-0.05, 0) is 37.4 Å². The van der Waals surface area contributed by atoms with Crippen LogP contribution < -0.4 is 5.73 Å². The molecule has 0 bridgehead atoms. The minimum Gasteiger partial charge on any atom is -0.409 e. The van der Waals surface area contributed by atoms with Crippen LogP contribution in [-0.2, 0) is 0 Å². The largest absolute Gasteiger partial charge is 0.409 e. The fraction of sp³-hybridized carbons (Fsp3) is 0.133. The van der Waals surface area contributed by atoms with E-state index in [1.807, 2.05) is 24.5 Å². The molecule has 5 heteroatoms. The van der Waals surface area contributed by atoms with Crippen LogP contribution in [0, 0.1) is 6.92 Å². The summed E-state index contributed by atoms with van der Waals surface area (Å²) in [7, 11) is 0. The number of benzene rings is 2. The highest BCUT2D eigenvalue weighted by molar-refractivity contribution is 8.00. The summed E-state index contributed by atoms with van der Waals surface area (Å²) in [4.78, 5) is 3.11. The third kappa shape index (κ3) is 3.29. The Labute approximate surface area is 127 Å². The average molecular weight is 304 g/mol. The van der Waals surface area contributed by atoms with Crippen molar-refractivity contribution in [3.63, 3.8) is 0 Å². The lowest BCUT2D eigenvalue weighted by Gasteiger charge is -2.12. The monoisotopic (exact) mass is 304 g/mol. The standard InChI is InChI=1S/C15H16N2OS2/c1-10-6-8-11(9-7-10)20-13-5-3-4-12(19-2)14(13)15(16)17-18/h3-9,18H,1-2H3,(H2,16,17). The number of hydrogen-bond acceptors (Lipinski definition) is 4. The zero-order valence-electron chi connectivity index (χ0n) is 11.3. The number of thioether (sulfide) groups is 1. The molecule has 0 aliphatic rings. The molecule has 0 unspecified atom stereocenters. The molecule has 0 saturated carbocycles. The normalized spacial score (nSPS) is 11.6. The molecule has 2 aromatic carbocycles. The van der Waals surface area contributed by atoms with Crippen molar-refractivity contribution in [2.45, 2.75) is 21.6 Å². The average Bonchev–Trinajstić information content (AvgIpc) is 2.48. The second kappa shape index (κ2) is 6.72. The van der Waals surface area contributed by atoms with E-state index in [9.17, 15) is 0 Å². The van der Waals surface area contributed by atoms with Crippen LogP contribution >= 0.6 is 23.5 Å². The Morgan fingerprint density at radius 3 is 2.35 bits per heavy atom. The summed E-state index contributed by atoms with van der Waals surface area (Å²) >= 11 is 3.19. The molecule has 3 N–H and O–H groups in total. The lowest BCUT2D eigenvalue weighted by molar-refractivity contribution is 0.318. The third-order valence-electron chi connectivity index (χ3n) is 2.82. The molecule has 0 atom stereocenters. The van der Waals surface area contributed by atoms with Crippen molar-refractivity contribution >= 4 is 29.4 Å². The second-order valence-electron chi connectivity index (χ2n) is 4.23. The summed E-state index contributed by atoms with van der Waals surface area (Å²) in [6.07, 6.45) is 1.98. The van der Waals surface area contributed by atoms with Gasteiger partial charge in [-0.2, -0.15) is 0 Å². The van der Waals surface area contributed by atoms with E-state index in [1.54, 1.807) is 23.5 Å². The van der Waals surface area contributed by atoms with Crippen LogP contribution in [0.15, 0.2) is 62.3 Å². The lowest BCUT2D eigenvalue weighted by Crippen LogP contribution is -2.15. The van der Waals surface area contributed by atoms with Crippen molar-refractivity contribution in [2.24, 2.45) is 10.9 Å². The molecule has 3 nitrogen and oxygen atoms in total. The van der Waals surface area contributed by atoms with Gasteiger partial charge in [-0.3, -0.25) is 0 Å². The summed E-state index contributed by atoms with van der Waals surface area (Å²) in [6, 6.07) is 14.2. The quantitative estimate of drug-likeness (QED) is 0.295. The number of hydrogen-bond donors (Lipinski definition) is 2. The number of oxime groups is 1. The van der Waals surface area contributed by atoms with Gasteiger partial charge in [-0.15, -0.1) is 11.8 Å². The van der Waals surface area contributed by atoms with Gasteiger partial charge >= 0.3 is 0 Å². The maximum atomic E-state index is 8.98. The first-order chi connectivity index (χ1) is 9.65. The van der Waals surface area contributed by atoms with E-state index in [0.717, 1.165) is 20.2 Å². The molecule has 0 aliphatic carbocycles. The van der Waals surface area contributed by atoms with Gasteiger partial charge in [0.1, 0.15) is 0 Å². The minimum absolute atomic E-state index is 0.143. The predicted molar refractivity (Wildman–Crippen MR) is 86.0 cm³/mol. The lowest BCUT2D eigenvalue weighted by atomic mass is 10.2. The Balaban J connectivity index is 2.43. The van der Waals surface area contributed by atoms with Gasteiger partial charge in [0.2, 0.25) is 0 Å². The Bertz CT molecular complexity index is 624. The van der Waals surface area contributed by atoms with Gasteiger partial charge in [0.25, 0.3) is 0 Å². The minimum atomic E-state index is 0.143. The highest BCUT2D eigenvalue weighted by Crippen LogP contribution is 2.34. The van der Waals surface area contributed by atoms with Crippen molar-refractivity contribution in [1.82, 2.24) is 0 Å².